The number of H-pyrrole nitrogens is 1. The highest BCUT2D eigenvalue weighted by molar-refractivity contribution is 5.92. The number of aromatic nitrogens is 2. The zero-order chi connectivity index (χ0) is 12.4. The number of amides is 1. The van der Waals surface area contributed by atoms with Crippen LogP contribution < -0.4 is 5.73 Å². The van der Waals surface area contributed by atoms with Crippen LogP contribution in [-0.2, 0) is 0 Å². The summed E-state index contributed by atoms with van der Waals surface area (Å²) in [5.74, 6) is 0.420. The van der Waals surface area contributed by atoms with Crippen LogP contribution in [0.2, 0.25) is 0 Å². The van der Waals surface area contributed by atoms with Gasteiger partial charge in [0.05, 0.1) is 0 Å². The number of aromatic amines is 1. The third-order valence-corrected chi connectivity index (χ3v) is 3.66. The molecule has 0 aromatic carbocycles. The van der Waals surface area contributed by atoms with Crippen LogP contribution in [0.15, 0.2) is 6.07 Å². The van der Waals surface area contributed by atoms with Crippen molar-refractivity contribution in [1.82, 2.24) is 15.1 Å². The SMILES string of the molecule is Cc1cc(C(=O)N(C)C2CCCC2CN)n[nH]1. The zero-order valence-corrected chi connectivity index (χ0v) is 10.4. The highest BCUT2D eigenvalue weighted by Crippen LogP contribution is 2.29. The molecule has 5 nitrogen and oxygen atoms in total. The first-order chi connectivity index (χ1) is 8.13. The fourth-order valence-electron chi connectivity index (χ4n) is 2.66. The van der Waals surface area contributed by atoms with E-state index in [-0.39, 0.29) is 11.9 Å². The molecule has 0 spiro atoms. The van der Waals surface area contributed by atoms with Gasteiger partial charge in [-0.15, -0.1) is 0 Å². The smallest absolute Gasteiger partial charge is 0.274 e. The summed E-state index contributed by atoms with van der Waals surface area (Å²) in [4.78, 5) is 14.0. The molecule has 1 aromatic rings. The number of rotatable bonds is 3. The van der Waals surface area contributed by atoms with Crippen LogP contribution in [0, 0.1) is 12.8 Å². The summed E-state index contributed by atoms with van der Waals surface area (Å²) >= 11 is 0. The summed E-state index contributed by atoms with van der Waals surface area (Å²) in [6.07, 6.45) is 3.33. The molecule has 2 unspecified atom stereocenters. The van der Waals surface area contributed by atoms with Gasteiger partial charge in [0.1, 0.15) is 5.69 Å². The second-order valence-corrected chi connectivity index (χ2v) is 4.85. The summed E-state index contributed by atoms with van der Waals surface area (Å²) < 4.78 is 0. The molecule has 0 aliphatic heterocycles. The first-order valence-electron chi connectivity index (χ1n) is 6.12. The van der Waals surface area contributed by atoms with Crippen LogP contribution >= 0.6 is 0 Å². The van der Waals surface area contributed by atoms with Gasteiger partial charge in [0.25, 0.3) is 5.91 Å². The van der Waals surface area contributed by atoms with Crippen molar-refractivity contribution < 1.29 is 4.79 Å². The summed E-state index contributed by atoms with van der Waals surface area (Å²) in [7, 11) is 1.85. The first-order valence-corrected chi connectivity index (χ1v) is 6.12. The monoisotopic (exact) mass is 236 g/mol. The number of aryl methyl sites for hydroxylation is 1. The maximum Gasteiger partial charge on any atom is 0.274 e. The second kappa shape index (κ2) is 4.87. The lowest BCUT2D eigenvalue weighted by Crippen LogP contribution is -2.41. The van der Waals surface area contributed by atoms with Gasteiger partial charge in [0, 0.05) is 18.8 Å². The van der Waals surface area contributed by atoms with E-state index < -0.39 is 0 Å². The summed E-state index contributed by atoms with van der Waals surface area (Å²) in [5, 5.41) is 6.81. The van der Waals surface area contributed by atoms with Crippen LogP contribution in [0.25, 0.3) is 0 Å². The van der Waals surface area contributed by atoms with Gasteiger partial charge < -0.3 is 10.6 Å². The number of carbonyl (C=O) groups is 1. The van der Waals surface area contributed by atoms with E-state index >= 15 is 0 Å². The van der Waals surface area contributed by atoms with E-state index in [1.807, 2.05) is 14.0 Å². The van der Waals surface area contributed by atoms with Gasteiger partial charge in [-0.25, -0.2) is 0 Å². The molecular formula is C12H20N4O. The number of nitrogens with one attached hydrogen (secondary N) is 1. The predicted octanol–water partition coefficient (Wildman–Crippen LogP) is 0.918. The Hall–Kier alpha value is -1.36. The molecule has 2 rings (SSSR count). The molecular weight excluding hydrogens is 216 g/mol. The van der Waals surface area contributed by atoms with E-state index in [9.17, 15) is 4.79 Å². The lowest BCUT2D eigenvalue weighted by Gasteiger charge is -2.28. The molecule has 3 N–H and O–H groups in total. The van der Waals surface area contributed by atoms with Gasteiger partial charge in [0.15, 0.2) is 0 Å². The third-order valence-electron chi connectivity index (χ3n) is 3.66. The number of hydrogen-bond acceptors (Lipinski definition) is 3. The lowest BCUT2D eigenvalue weighted by atomic mass is 10.0. The van der Waals surface area contributed by atoms with Crippen molar-refractivity contribution >= 4 is 5.91 Å². The molecule has 1 aromatic heterocycles. The van der Waals surface area contributed by atoms with Crippen molar-refractivity contribution in [3.05, 3.63) is 17.5 Å². The molecule has 5 heteroatoms. The normalized spacial score (nSPS) is 23.9. The van der Waals surface area contributed by atoms with E-state index in [1.54, 1.807) is 11.0 Å². The van der Waals surface area contributed by atoms with Crippen LogP contribution in [-0.4, -0.2) is 40.6 Å². The Morgan fingerprint density at radius 3 is 3.00 bits per heavy atom. The summed E-state index contributed by atoms with van der Waals surface area (Å²) in [5.41, 5.74) is 7.14. The van der Waals surface area contributed by atoms with Gasteiger partial charge in [0.2, 0.25) is 0 Å². The minimum Gasteiger partial charge on any atom is -0.337 e. The van der Waals surface area contributed by atoms with Crippen molar-refractivity contribution in [1.29, 1.82) is 0 Å². The second-order valence-electron chi connectivity index (χ2n) is 4.85. The Balaban J connectivity index is 2.09. The van der Waals surface area contributed by atoms with Crippen LogP contribution in [0.4, 0.5) is 0 Å². The Labute approximate surface area is 101 Å². The van der Waals surface area contributed by atoms with Gasteiger partial charge in [-0.1, -0.05) is 6.42 Å². The van der Waals surface area contributed by atoms with Gasteiger partial charge in [-0.2, -0.15) is 5.10 Å². The summed E-state index contributed by atoms with van der Waals surface area (Å²) in [6, 6.07) is 2.05. The highest BCUT2D eigenvalue weighted by atomic mass is 16.2. The highest BCUT2D eigenvalue weighted by Gasteiger charge is 2.32. The Kier molecular flexibility index (Phi) is 3.47. The molecule has 17 heavy (non-hydrogen) atoms. The van der Waals surface area contributed by atoms with Gasteiger partial charge in [-0.05, 0) is 38.3 Å². The molecule has 0 saturated heterocycles. The molecule has 1 heterocycles. The summed E-state index contributed by atoms with van der Waals surface area (Å²) in [6.45, 7) is 2.55. The van der Waals surface area contributed by atoms with E-state index in [2.05, 4.69) is 10.2 Å². The number of nitrogens with two attached hydrogens (primary N) is 1. The molecule has 1 amide bonds. The van der Waals surface area contributed by atoms with Crippen molar-refractivity contribution in [3.8, 4) is 0 Å². The standard InChI is InChI=1S/C12H20N4O/c1-8-6-10(15-14-8)12(17)16(2)11-5-3-4-9(11)7-13/h6,9,11H,3-5,7,13H2,1-2H3,(H,14,15). The molecule has 2 atom stereocenters. The van der Waals surface area contributed by atoms with Crippen LogP contribution in [0.1, 0.15) is 35.4 Å². The van der Waals surface area contributed by atoms with Crippen molar-refractivity contribution in [2.45, 2.75) is 32.2 Å². The van der Waals surface area contributed by atoms with Crippen LogP contribution in [0.5, 0.6) is 0 Å². The minimum absolute atomic E-state index is 0.0142. The Morgan fingerprint density at radius 2 is 2.41 bits per heavy atom. The van der Waals surface area contributed by atoms with Crippen molar-refractivity contribution in [3.63, 3.8) is 0 Å². The lowest BCUT2D eigenvalue weighted by molar-refractivity contribution is 0.0694. The quantitative estimate of drug-likeness (QED) is 0.819. The molecule has 1 fully saturated rings. The molecule has 1 aliphatic carbocycles. The van der Waals surface area contributed by atoms with E-state index in [0.717, 1.165) is 25.0 Å². The number of hydrogen-bond donors (Lipinski definition) is 2. The van der Waals surface area contributed by atoms with E-state index in [1.165, 1.54) is 0 Å². The fourth-order valence-corrected chi connectivity index (χ4v) is 2.66. The van der Waals surface area contributed by atoms with E-state index in [4.69, 9.17) is 5.73 Å². The first kappa shape index (κ1) is 12.1. The van der Waals surface area contributed by atoms with Crippen molar-refractivity contribution in [2.24, 2.45) is 11.7 Å². The Bertz CT molecular complexity index is 401. The third kappa shape index (κ3) is 2.34. The largest absolute Gasteiger partial charge is 0.337 e. The Morgan fingerprint density at radius 1 is 1.65 bits per heavy atom. The molecule has 0 radical (unpaired) electrons. The maximum atomic E-state index is 12.2. The maximum absolute atomic E-state index is 12.2. The molecule has 1 aliphatic rings. The van der Waals surface area contributed by atoms with Gasteiger partial charge in [-0.3, -0.25) is 9.89 Å². The zero-order valence-electron chi connectivity index (χ0n) is 10.4. The average Bonchev–Trinajstić information content (AvgIpc) is 2.95. The predicted molar refractivity (Wildman–Crippen MR) is 65.6 cm³/mol. The average molecular weight is 236 g/mol. The van der Waals surface area contributed by atoms with Crippen LogP contribution in [0.3, 0.4) is 0 Å². The van der Waals surface area contributed by atoms with E-state index in [0.29, 0.717) is 18.2 Å². The molecule has 94 valence electrons. The molecule has 1 saturated carbocycles. The topological polar surface area (TPSA) is 75.0 Å². The molecule has 0 bridgehead atoms. The number of nitrogens with zero attached hydrogens (tertiary/aromatic N) is 2. The fraction of sp³-hybridized carbons (Fsp3) is 0.667. The van der Waals surface area contributed by atoms with Gasteiger partial charge >= 0.3 is 0 Å². The minimum atomic E-state index is -0.0142. The number of carbonyl (C=O) groups excluding carboxylic acids is 1. The van der Waals surface area contributed by atoms with Crippen molar-refractivity contribution in [2.75, 3.05) is 13.6 Å².